The number of hydrogen-bond donors (Lipinski definition) is 1. The van der Waals surface area contributed by atoms with Crippen molar-refractivity contribution in [2.24, 2.45) is 0 Å². The number of amides is 1. The van der Waals surface area contributed by atoms with Crippen molar-refractivity contribution in [1.82, 2.24) is 5.32 Å². The van der Waals surface area contributed by atoms with Crippen LogP contribution >= 0.6 is 0 Å². The molecule has 23 heavy (non-hydrogen) atoms. The highest BCUT2D eigenvalue weighted by molar-refractivity contribution is 5.97. The van der Waals surface area contributed by atoms with Crippen molar-refractivity contribution in [2.75, 3.05) is 18.1 Å². The van der Waals surface area contributed by atoms with Gasteiger partial charge in [-0.05, 0) is 37.8 Å². The van der Waals surface area contributed by atoms with Gasteiger partial charge in [0.25, 0.3) is 5.91 Å². The molecule has 1 amide bonds. The number of nitrogens with zero attached hydrogens (tertiary/aromatic N) is 2. The number of fused-ring (bicyclic) bond motifs is 1. The Labute approximate surface area is 136 Å². The maximum Gasteiger partial charge on any atom is 0.263 e. The summed E-state index contributed by atoms with van der Waals surface area (Å²) in [5.41, 5.74) is 2.44. The number of nitriles is 1. The van der Waals surface area contributed by atoms with E-state index in [9.17, 15) is 10.1 Å². The quantitative estimate of drug-likeness (QED) is 0.683. The molecule has 1 saturated heterocycles. The minimum atomic E-state index is -0.334. The molecule has 5 nitrogen and oxygen atoms in total. The predicted octanol–water partition coefficient (Wildman–Crippen LogP) is 2.14. The van der Waals surface area contributed by atoms with Gasteiger partial charge in [0.1, 0.15) is 11.6 Å². The number of rotatable bonds is 4. The van der Waals surface area contributed by atoms with Crippen LogP contribution in [-0.4, -0.2) is 31.2 Å². The molecule has 2 unspecified atom stereocenters. The number of nitrogens with one attached hydrogen (secondary N) is 1. The third kappa shape index (κ3) is 3.38. The van der Waals surface area contributed by atoms with E-state index in [1.165, 1.54) is 5.56 Å². The van der Waals surface area contributed by atoms with Crippen LogP contribution in [0.5, 0.6) is 0 Å². The second-order valence-electron chi connectivity index (χ2n) is 6.09. The summed E-state index contributed by atoms with van der Waals surface area (Å²) in [6.07, 6.45) is 4.65. The summed E-state index contributed by atoms with van der Waals surface area (Å²) in [5.74, 6) is -0.334. The molecule has 1 aromatic carbocycles. The molecule has 0 aromatic heterocycles. The van der Waals surface area contributed by atoms with Crippen molar-refractivity contribution in [2.45, 2.75) is 38.3 Å². The first-order valence-corrected chi connectivity index (χ1v) is 8.07. The number of para-hydroxylation sites is 1. The molecule has 2 atom stereocenters. The van der Waals surface area contributed by atoms with E-state index >= 15 is 0 Å². The molecule has 0 spiro atoms. The number of hydrogen-bond acceptors (Lipinski definition) is 4. The molecule has 0 saturated carbocycles. The van der Waals surface area contributed by atoms with Gasteiger partial charge in [0.05, 0.1) is 6.10 Å². The largest absolute Gasteiger partial charge is 0.376 e. The maximum absolute atomic E-state index is 12.3. The van der Waals surface area contributed by atoms with E-state index in [2.05, 4.69) is 18.3 Å². The van der Waals surface area contributed by atoms with Crippen LogP contribution < -0.4 is 10.2 Å². The molecule has 1 aromatic rings. The third-order valence-electron chi connectivity index (χ3n) is 4.41. The maximum atomic E-state index is 12.3. The van der Waals surface area contributed by atoms with E-state index < -0.39 is 0 Å². The first-order valence-electron chi connectivity index (χ1n) is 8.07. The van der Waals surface area contributed by atoms with Crippen molar-refractivity contribution in [3.8, 4) is 6.07 Å². The van der Waals surface area contributed by atoms with Crippen LogP contribution in [-0.2, 0) is 16.0 Å². The molecule has 0 aliphatic carbocycles. The van der Waals surface area contributed by atoms with E-state index in [1.807, 2.05) is 29.2 Å². The summed E-state index contributed by atoms with van der Waals surface area (Å²) in [4.78, 5) is 14.3. The second-order valence-corrected chi connectivity index (χ2v) is 6.09. The van der Waals surface area contributed by atoms with Crippen molar-refractivity contribution in [3.05, 3.63) is 41.6 Å². The number of carbonyl (C=O) groups is 1. The second kappa shape index (κ2) is 6.84. The van der Waals surface area contributed by atoms with Crippen LogP contribution in [0, 0.1) is 11.3 Å². The minimum Gasteiger partial charge on any atom is -0.376 e. The summed E-state index contributed by atoms with van der Waals surface area (Å²) >= 11 is 0. The van der Waals surface area contributed by atoms with Gasteiger partial charge in [-0.25, -0.2) is 0 Å². The molecule has 2 aliphatic heterocycles. The molecular formula is C18H21N3O2. The van der Waals surface area contributed by atoms with Crippen LogP contribution in [0.4, 0.5) is 5.69 Å². The summed E-state index contributed by atoms with van der Waals surface area (Å²) in [6, 6.07) is 10.4. The fraction of sp³-hybridized carbons (Fsp3) is 0.444. The van der Waals surface area contributed by atoms with Crippen LogP contribution in [0.1, 0.15) is 25.3 Å². The highest BCUT2D eigenvalue weighted by Crippen LogP contribution is 2.32. The zero-order valence-electron chi connectivity index (χ0n) is 13.3. The lowest BCUT2D eigenvalue weighted by Gasteiger charge is -2.20. The Kier molecular flexibility index (Phi) is 4.63. The molecule has 1 N–H and O–H groups in total. The van der Waals surface area contributed by atoms with Gasteiger partial charge < -0.3 is 15.0 Å². The van der Waals surface area contributed by atoms with Crippen molar-refractivity contribution >= 4 is 11.6 Å². The van der Waals surface area contributed by atoms with Gasteiger partial charge in [0.15, 0.2) is 0 Å². The Hall–Kier alpha value is -2.32. The van der Waals surface area contributed by atoms with Crippen molar-refractivity contribution in [3.63, 3.8) is 0 Å². The zero-order valence-corrected chi connectivity index (χ0v) is 13.3. The molecule has 0 bridgehead atoms. The minimum absolute atomic E-state index is 0.0744. The Morgan fingerprint density at radius 1 is 1.52 bits per heavy atom. The molecule has 1 fully saturated rings. The van der Waals surface area contributed by atoms with Gasteiger partial charge in [-0.15, -0.1) is 0 Å². The molecule has 3 rings (SSSR count). The standard InChI is InChI=1S/C18H21N3O2/c1-13-9-14-5-2-3-7-17(14)21(13)12-15(10-19)18(22)20-11-16-6-4-8-23-16/h2-3,5,7,12-13,16H,4,6,8-9,11H2,1H3,(H,20,22)/b15-12-. The lowest BCUT2D eigenvalue weighted by molar-refractivity contribution is -0.117. The van der Waals surface area contributed by atoms with Gasteiger partial charge in [0, 0.05) is 31.1 Å². The molecule has 2 aliphatic rings. The summed E-state index contributed by atoms with van der Waals surface area (Å²) in [6.45, 7) is 3.31. The number of anilines is 1. The lowest BCUT2D eigenvalue weighted by atomic mass is 10.1. The topological polar surface area (TPSA) is 65.4 Å². The van der Waals surface area contributed by atoms with E-state index in [0.29, 0.717) is 6.54 Å². The summed E-state index contributed by atoms with van der Waals surface area (Å²) < 4.78 is 5.49. The van der Waals surface area contributed by atoms with Gasteiger partial charge >= 0.3 is 0 Å². The van der Waals surface area contributed by atoms with Crippen molar-refractivity contribution < 1.29 is 9.53 Å². The smallest absolute Gasteiger partial charge is 0.263 e. The molecule has 5 heteroatoms. The van der Waals surface area contributed by atoms with Gasteiger partial charge in [-0.3, -0.25) is 4.79 Å². The van der Waals surface area contributed by atoms with E-state index in [1.54, 1.807) is 6.20 Å². The monoisotopic (exact) mass is 311 g/mol. The molecular weight excluding hydrogens is 290 g/mol. The van der Waals surface area contributed by atoms with Gasteiger partial charge in [-0.1, -0.05) is 18.2 Å². The van der Waals surface area contributed by atoms with Gasteiger partial charge in [0.2, 0.25) is 0 Å². The lowest BCUT2D eigenvalue weighted by Crippen LogP contribution is -2.33. The zero-order chi connectivity index (χ0) is 16.2. The Morgan fingerprint density at radius 3 is 3.09 bits per heavy atom. The molecule has 120 valence electrons. The molecule has 2 heterocycles. The number of benzene rings is 1. The van der Waals surface area contributed by atoms with Crippen LogP contribution in [0.3, 0.4) is 0 Å². The Balaban J connectivity index is 1.71. The predicted molar refractivity (Wildman–Crippen MR) is 87.8 cm³/mol. The van der Waals surface area contributed by atoms with E-state index in [0.717, 1.165) is 31.6 Å². The van der Waals surface area contributed by atoms with Crippen molar-refractivity contribution in [1.29, 1.82) is 5.26 Å². The average molecular weight is 311 g/mol. The first kappa shape index (κ1) is 15.6. The summed E-state index contributed by atoms with van der Waals surface area (Å²) in [7, 11) is 0. The van der Waals surface area contributed by atoms with Crippen LogP contribution in [0.25, 0.3) is 0 Å². The molecule has 0 radical (unpaired) electrons. The Morgan fingerprint density at radius 2 is 2.35 bits per heavy atom. The third-order valence-corrected chi connectivity index (χ3v) is 4.41. The number of carbonyl (C=O) groups excluding carboxylic acids is 1. The van der Waals surface area contributed by atoms with E-state index in [-0.39, 0.29) is 23.6 Å². The highest BCUT2D eigenvalue weighted by atomic mass is 16.5. The van der Waals surface area contributed by atoms with E-state index in [4.69, 9.17) is 4.74 Å². The first-order chi connectivity index (χ1) is 11.2. The number of ether oxygens (including phenoxy) is 1. The van der Waals surface area contributed by atoms with Crippen LogP contribution in [0.2, 0.25) is 0 Å². The summed E-state index contributed by atoms with van der Waals surface area (Å²) in [5, 5.41) is 12.2. The average Bonchev–Trinajstić information content (AvgIpc) is 3.18. The SMILES string of the molecule is CC1Cc2ccccc2N1/C=C(/C#N)C(=O)NCC1CCCO1. The van der Waals surface area contributed by atoms with Gasteiger partial charge in [-0.2, -0.15) is 5.26 Å². The highest BCUT2D eigenvalue weighted by Gasteiger charge is 2.25. The Bertz CT molecular complexity index is 656. The van der Waals surface area contributed by atoms with Crippen LogP contribution in [0.15, 0.2) is 36.0 Å². The fourth-order valence-electron chi connectivity index (χ4n) is 3.17. The normalized spacial score (nSPS) is 23.5. The fourth-order valence-corrected chi connectivity index (χ4v) is 3.17.